The van der Waals surface area contributed by atoms with Gasteiger partial charge in [0, 0.05) is 0 Å². The predicted molar refractivity (Wildman–Crippen MR) is 74.3 cm³/mol. The van der Waals surface area contributed by atoms with Gasteiger partial charge in [-0.15, -0.1) is 0 Å². The Morgan fingerprint density at radius 1 is 1.12 bits per heavy atom. The molecule has 0 amide bonds. The van der Waals surface area contributed by atoms with E-state index in [1.165, 1.54) is 0 Å². The second-order valence-corrected chi connectivity index (χ2v) is 9.09. The number of hydrogen-bond acceptors (Lipinski definition) is 2. The number of hydrogen-bond donors (Lipinski definition) is 0. The molecule has 0 bridgehead atoms. The second kappa shape index (κ2) is 6.01. The first-order chi connectivity index (χ1) is 8.08. The first-order valence-corrected chi connectivity index (χ1v) is 8.90. The zero-order valence-electron chi connectivity index (χ0n) is 11.2. The van der Waals surface area contributed by atoms with Crippen LogP contribution in [0.3, 0.4) is 0 Å². The van der Waals surface area contributed by atoms with Crippen molar-refractivity contribution in [1.29, 1.82) is 0 Å². The zero-order chi connectivity index (χ0) is 12.9. The highest BCUT2D eigenvalue weighted by Crippen LogP contribution is 2.28. The summed E-state index contributed by atoms with van der Waals surface area (Å²) in [5.74, 6) is 0.851. The highest BCUT2D eigenvalue weighted by Gasteiger charge is 2.31. The molecule has 1 rings (SSSR count). The molecule has 0 saturated carbocycles. The van der Waals surface area contributed by atoms with Gasteiger partial charge in [-0.25, -0.2) is 0 Å². The van der Waals surface area contributed by atoms with Gasteiger partial charge in [0.25, 0.3) is 8.32 Å². The maximum absolute atomic E-state index is 11.6. The molecule has 0 aliphatic carbocycles. The molecule has 0 heterocycles. The molecule has 0 radical (unpaired) electrons. The van der Waals surface area contributed by atoms with Gasteiger partial charge >= 0.3 is 0 Å². The Kier molecular flexibility index (Phi) is 4.94. The average Bonchev–Trinajstić information content (AvgIpc) is 2.36. The molecule has 0 unspecified atom stereocenters. The van der Waals surface area contributed by atoms with E-state index in [0.717, 1.165) is 23.9 Å². The lowest BCUT2D eigenvalue weighted by molar-refractivity contribution is 0.101. The molecule has 0 aliphatic heterocycles. The van der Waals surface area contributed by atoms with Crippen LogP contribution < -0.4 is 4.43 Å². The van der Waals surface area contributed by atoms with Crippen LogP contribution in [-0.4, -0.2) is 14.1 Å². The smallest absolute Gasteiger partial charge is 0.250 e. The van der Waals surface area contributed by atoms with Crippen molar-refractivity contribution in [3.63, 3.8) is 0 Å². The van der Waals surface area contributed by atoms with Crippen molar-refractivity contribution in [2.75, 3.05) is 0 Å². The minimum absolute atomic E-state index is 0.0757. The van der Waals surface area contributed by atoms with Crippen LogP contribution >= 0.6 is 0 Å². The summed E-state index contributed by atoms with van der Waals surface area (Å²) in [4.78, 5) is 11.6. The van der Waals surface area contributed by atoms with Crippen LogP contribution in [0.5, 0.6) is 5.75 Å². The molecule has 17 heavy (non-hydrogen) atoms. The maximum atomic E-state index is 11.6. The van der Waals surface area contributed by atoms with E-state index in [0.29, 0.717) is 5.56 Å². The molecule has 1 aromatic carbocycles. The van der Waals surface area contributed by atoms with Crippen LogP contribution in [0.1, 0.15) is 38.1 Å². The first-order valence-electron chi connectivity index (χ1n) is 6.37. The lowest BCUT2D eigenvalue weighted by Crippen LogP contribution is -2.39. The third-order valence-electron chi connectivity index (χ3n) is 3.53. The third-order valence-corrected chi connectivity index (χ3v) is 8.04. The zero-order valence-corrected chi connectivity index (χ0v) is 12.2. The molecule has 0 N–H and O–H groups in total. The molecule has 94 valence electrons. The van der Waals surface area contributed by atoms with Gasteiger partial charge in [0.1, 0.15) is 5.75 Å². The van der Waals surface area contributed by atoms with Gasteiger partial charge in [-0.05, 0) is 37.2 Å². The fourth-order valence-corrected chi connectivity index (χ4v) is 4.62. The number of benzene rings is 1. The number of carbonyl (C=O) groups is 1. The van der Waals surface area contributed by atoms with Crippen molar-refractivity contribution < 1.29 is 9.22 Å². The summed E-state index contributed by atoms with van der Waals surface area (Å²) in [5.41, 5.74) is 0.708. The predicted octanol–water partition coefficient (Wildman–Crippen LogP) is 4.27. The van der Waals surface area contributed by atoms with Crippen molar-refractivity contribution >= 4 is 14.1 Å². The van der Waals surface area contributed by atoms with E-state index in [9.17, 15) is 4.79 Å². The Balaban J connectivity index is 3.05. The summed E-state index contributed by atoms with van der Waals surface area (Å²) in [7, 11) is -1.69. The van der Waals surface area contributed by atoms with E-state index >= 15 is 0 Å². The van der Waals surface area contributed by atoms with Crippen LogP contribution in [0.15, 0.2) is 24.3 Å². The van der Waals surface area contributed by atoms with Crippen LogP contribution in [0.4, 0.5) is 0 Å². The molecule has 0 aromatic heterocycles. The molecule has 0 aliphatic rings. The lowest BCUT2D eigenvalue weighted by Gasteiger charge is -2.29. The highest BCUT2D eigenvalue weighted by atomic mass is 28.4. The average molecular weight is 250 g/mol. The first kappa shape index (κ1) is 14.0. The van der Waals surface area contributed by atoms with Crippen LogP contribution in [0.25, 0.3) is 0 Å². The van der Waals surface area contributed by atoms with Gasteiger partial charge in [0.15, 0.2) is 5.78 Å². The Morgan fingerprint density at radius 2 is 1.65 bits per heavy atom. The van der Waals surface area contributed by atoms with Gasteiger partial charge in [-0.1, -0.05) is 32.9 Å². The minimum Gasteiger partial charge on any atom is -0.543 e. The Bertz CT molecular complexity index is 375. The number of Topliss-reactive ketones (excluding diaryl/α,β-unsaturated/α-hetero) is 1. The molecule has 0 spiro atoms. The topological polar surface area (TPSA) is 26.3 Å². The van der Waals surface area contributed by atoms with Crippen molar-refractivity contribution in [3.05, 3.63) is 29.8 Å². The minimum atomic E-state index is -1.69. The summed E-state index contributed by atoms with van der Waals surface area (Å²) in [5, 5.41) is 0. The Labute approximate surface area is 105 Å². The van der Waals surface area contributed by atoms with E-state index in [1.807, 2.05) is 24.3 Å². The lowest BCUT2D eigenvalue weighted by atomic mass is 10.1. The fourth-order valence-electron chi connectivity index (χ4n) is 2.05. The third kappa shape index (κ3) is 3.19. The van der Waals surface area contributed by atoms with Gasteiger partial charge in [-0.3, -0.25) is 4.79 Å². The molecular formula is C14H22O2Si. The Hall–Kier alpha value is -1.09. The Morgan fingerprint density at radius 3 is 2.12 bits per heavy atom. The molecule has 3 heteroatoms. The molecule has 1 aromatic rings. The molecule has 0 fully saturated rings. The summed E-state index contributed by atoms with van der Waals surface area (Å²) in [6.07, 6.45) is 0. The van der Waals surface area contributed by atoms with Crippen molar-refractivity contribution in [2.24, 2.45) is 0 Å². The van der Waals surface area contributed by atoms with E-state index in [2.05, 4.69) is 20.8 Å². The van der Waals surface area contributed by atoms with Crippen molar-refractivity contribution in [2.45, 2.75) is 45.8 Å². The molecule has 2 nitrogen and oxygen atoms in total. The summed E-state index contributed by atoms with van der Waals surface area (Å²) in [6.45, 7) is 8.16. The van der Waals surface area contributed by atoms with E-state index in [4.69, 9.17) is 4.43 Å². The number of ketones is 1. The quantitative estimate of drug-likeness (QED) is 0.556. The van der Waals surface area contributed by atoms with Crippen molar-refractivity contribution in [1.82, 2.24) is 0 Å². The largest absolute Gasteiger partial charge is 0.543 e. The van der Waals surface area contributed by atoms with Crippen LogP contribution in [0, 0.1) is 0 Å². The maximum Gasteiger partial charge on any atom is 0.250 e. The number of carbonyl (C=O) groups excluding carboxylic acids is 1. The SMILES string of the molecule is CC[Si](CC)(CC)Oc1ccccc1C(C)=O. The van der Waals surface area contributed by atoms with E-state index < -0.39 is 8.32 Å². The standard InChI is InChI=1S/C14H22O2Si/c1-5-17(6-2,7-3)16-14-11-9-8-10-13(14)12(4)15/h8-11H,5-7H2,1-4H3. The van der Waals surface area contributed by atoms with Gasteiger partial charge in [0.2, 0.25) is 0 Å². The van der Waals surface area contributed by atoms with Gasteiger partial charge in [-0.2, -0.15) is 0 Å². The van der Waals surface area contributed by atoms with E-state index in [-0.39, 0.29) is 5.78 Å². The number of para-hydroxylation sites is 1. The molecular weight excluding hydrogens is 228 g/mol. The summed E-state index contributed by atoms with van der Waals surface area (Å²) in [6, 6.07) is 10.8. The summed E-state index contributed by atoms with van der Waals surface area (Å²) < 4.78 is 6.26. The van der Waals surface area contributed by atoms with Gasteiger partial charge < -0.3 is 4.43 Å². The summed E-state index contributed by atoms with van der Waals surface area (Å²) >= 11 is 0. The fraction of sp³-hybridized carbons (Fsp3) is 0.500. The second-order valence-electron chi connectivity index (χ2n) is 4.40. The van der Waals surface area contributed by atoms with E-state index in [1.54, 1.807) is 6.92 Å². The normalized spacial score (nSPS) is 11.3. The number of rotatable bonds is 6. The van der Waals surface area contributed by atoms with Gasteiger partial charge in [0.05, 0.1) is 5.56 Å². The monoisotopic (exact) mass is 250 g/mol. The molecule has 0 atom stereocenters. The molecule has 0 saturated heterocycles. The highest BCUT2D eigenvalue weighted by molar-refractivity contribution is 6.74. The van der Waals surface area contributed by atoms with Crippen LogP contribution in [-0.2, 0) is 0 Å². The van der Waals surface area contributed by atoms with Crippen LogP contribution in [0.2, 0.25) is 18.1 Å². The van der Waals surface area contributed by atoms with Crippen molar-refractivity contribution in [3.8, 4) is 5.75 Å².